The highest BCUT2D eigenvalue weighted by Gasteiger charge is 2.24. The van der Waals surface area contributed by atoms with Crippen molar-refractivity contribution in [3.05, 3.63) is 106 Å². The summed E-state index contributed by atoms with van der Waals surface area (Å²) in [6, 6.07) is 15.1. The lowest BCUT2D eigenvalue weighted by Crippen LogP contribution is -2.51. The van der Waals surface area contributed by atoms with Crippen LogP contribution in [0.2, 0.25) is 0 Å². The maximum absolute atomic E-state index is 14.0. The second kappa shape index (κ2) is 16.3. The second-order valence-electron chi connectivity index (χ2n) is 11.5. The first-order valence-corrected chi connectivity index (χ1v) is 15.1. The van der Waals surface area contributed by atoms with Crippen molar-refractivity contribution in [3.8, 4) is 0 Å². The van der Waals surface area contributed by atoms with Crippen LogP contribution in [0, 0.1) is 18.6 Å². The molecule has 1 unspecified atom stereocenters. The van der Waals surface area contributed by atoms with Gasteiger partial charge in [-0.25, -0.2) is 8.78 Å². The monoisotopic (exact) mass is 593 g/mol. The van der Waals surface area contributed by atoms with Crippen molar-refractivity contribution < 1.29 is 23.1 Å². The third kappa shape index (κ3) is 10.3. The van der Waals surface area contributed by atoms with Crippen molar-refractivity contribution >= 4 is 11.8 Å². The molecule has 232 valence electrons. The summed E-state index contributed by atoms with van der Waals surface area (Å²) >= 11 is 0. The molecule has 0 saturated carbocycles. The van der Waals surface area contributed by atoms with Crippen molar-refractivity contribution in [3.63, 3.8) is 0 Å². The van der Waals surface area contributed by atoms with Crippen molar-refractivity contribution in [2.45, 2.75) is 78.5 Å². The lowest BCUT2D eigenvalue weighted by molar-refractivity contribution is 0.0755. The fourth-order valence-electron chi connectivity index (χ4n) is 5.09. The Morgan fingerprint density at radius 3 is 2.19 bits per heavy atom. The van der Waals surface area contributed by atoms with Crippen LogP contribution in [-0.4, -0.2) is 48.5 Å². The first-order valence-electron chi connectivity index (χ1n) is 15.1. The van der Waals surface area contributed by atoms with Crippen molar-refractivity contribution in [2.75, 3.05) is 19.7 Å². The Kier molecular flexibility index (Phi) is 12.8. The molecule has 0 saturated heterocycles. The molecule has 0 aliphatic carbocycles. The van der Waals surface area contributed by atoms with Gasteiger partial charge < -0.3 is 20.7 Å². The van der Waals surface area contributed by atoms with E-state index in [9.17, 15) is 18.4 Å². The van der Waals surface area contributed by atoms with E-state index in [1.54, 1.807) is 23.1 Å². The van der Waals surface area contributed by atoms with E-state index in [4.69, 9.17) is 10.5 Å². The second-order valence-corrected chi connectivity index (χ2v) is 11.5. The van der Waals surface area contributed by atoms with E-state index in [2.05, 4.69) is 31.3 Å². The SMILES string of the molecule is CCCN(CCC)C(=O)c1cc(C)cc(C(=O)N[C@@H](Cc2cc(F)cc(F)c2)C(N)COCc2cccc(C(C)C)c2)c1. The number of aryl methyl sites for hydroxylation is 1. The molecule has 0 heterocycles. The van der Waals surface area contributed by atoms with E-state index in [0.29, 0.717) is 42.3 Å². The fraction of sp³-hybridized carbons (Fsp3) is 0.429. The Bertz CT molecular complexity index is 1350. The molecule has 0 bridgehead atoms. The molecule has 3 rings (SSSR count). The minimum atomic E-state index is -0.708. The minimum absolute atomic E-state index is 0.0894. The van der Waals surface area contributed by atoms with Crippen LogP contribution < -0.4 is 11.1 Å². The summed E-state index contributed by atoms with van der Waals surface area (Å²) < 4.78 is 34.0. The van der Waals surface area contributed by atoms with Gasteiger partial charge in [-0.15, -0.1) is 0 Å². The van der Waals surface area contributed by atoms with Gasteiger partial charge >= 0.3 is 0 Å². The van der Waals surface area contributed by atoms with Crippen LogP contribution in [0.1, 0.15) is 89.4 Å². The highest BCUT2D eigenvalue weighted by atomic mass is 19.1. The smallest absolute Gasteiger partial charge is 0.253 e. The number of nitrogens with zero attached hydrogens (tertiary/aromatic N) is 1. The van der Waals surface area contributed by atoms with Gasteiger partial charge in [0.2, 0.25) is 0 Å². The zero-order valence-electron chi connectivity index (χ0n) is 26.0. The molecule has 2 amide bonds. The lowest BCUT2D eigenvalue weighted by Gasteiger charge is -2.26. The van der Waals surface area contributed by atoms with E-state index >= 15 is 0 Å². The average molecular weight is 594 g/mol. The van der Waals surface area contributed by atoms with Crippen molar-refractivity contribution in [1.29, 1.82) is 0 Å². The first-order chi connectivity index (χ1) is 20.5. The number of halogens is 2. The van der Waals surface area contributed by atoms with Gasteiger partial charge in [0.25, 0.3) is 11.8 Å². The molecule has 6 nitrogen and oxygen atoms in total. The number of rotatable bonds is 15. The topological polar surface area (TPSA) is 84.7 Å². The standard InChI is InChI=1S/C35H45F2N3O3/c1-6-11-40(12-7-2)35(42)29-14-24(5)13-28(19-29)34(41)39-33(18-26-16-30(36)20-31(37)17-26)32(38)22-43-21-25-9-8-10-27(15-25)23(3)4/h8-10,13-17,19-20,23,32-33H,6-7,11-12,18,21-22,38H2,1-5H3,(H,39,41)/t32?,33-/m0/s1. The van der Waals surface area contributed by atoms with Gasteiger partial charge in [-0.3, -0.25) is 9.59 Å². The number of nitrogens with two attached hydrogens (primary N) is 1. The summed E-state index contributed by atoms with van der Waals surface area (Å²) in [4.78, 5) is 28.6. The lowest BCUT2D eigenvalue weighted by atomic mass is 9.98. The Balaban J connectivity index is 1.80. The van der Waals surface area contributed by atoms with Crippen LogP contribution in [0.25, 0.3) is 0 Å². The number of benzene rings is 3. The molecule has 0 aliphatic heterocycles. The molecule has 3 aromatic rings. The van der Waals surface area contributed by atoms with Gasteiger partial charge in [0.05, 0.1) is 19.3 Å². The van der Waals surface area contributed by atoms with Gasteiger partial charge in [-0.1, -0.05) is 52.0 Å². The van der Waals surface area contributed by atoms with Crippen LogP contribution in [0.5, 0.6) is 0 Å². The van der Waals surface area contributed by atoms with Crippen LogP contribution in [0.15, 0.2) is 60.7 Å². The maximum atomic E-state index is 14.0. The molecule has 0 spiro atoms. The molecular weight excluding hydrogens is 548 g/mol. The number of carbonyl (C=O) groups is 2. The maximum Gasteiger partial charge on any atom is 0.253 e. The highest BCUT2D eigenvalue weighted by Crippen LogP contribution is 2.18. The molecule has 0 aromatic heterocycles. The third-order valence-electron chi connectivity index (χ3n) is 7.27. The molecule has 0 aliphatic rings. The number of amides is 2. The normalized spacial score (nSPS) is 12.7. The van der Waals surface area contributed by atoms with Gasteiger partial charge in [0.15, 0.2) is 0 Å². The summed E-state index contributed by atoms with van der Waals surface area (Å²) in [5, 5.41) is 2.95. The van der Waals surface area contributed by atoms with E-state index < -0.39 is 29.6 Å². The van der Waals surface area contributed by atoms with Gasteiger partial charge in [0.1, 0.15) is 11.6 Å². The van der Waals surface area contributed by atoms with E-state index in [0.717, 1.165) is 30.0 Å². The molecule has 3 aromatic carbocycles. The quantitative estimate of drug-likeness (QED) is 0.210. The van der Waals surface area contributed by atoms with Crippen LogP contribution >= 0.6 is 0 Å². The third-order valence-corrected chi connectivity index (χ3v) is 7.27. The highest BCUT2D eigenvalue weighted by molar-refractivity contribution is 6.00. The van der Waals surface area contributed by atoms with Crippen LogP contribution in [0.4, 0.5) is 8.78 Å². The van der Waals surface area contributed by atoms with E-state index in [1.807, 2.05) is 32.9 Å². The fourth-order valence-corrected chi connectivity index (χ4v) is 5.09. The summed E-state index contributed by atoms with van der Waals surface area (Å²) in [6.07, 6.45) is 1.75. The number of hydrogen-bond acceptors (Lipinski definition) is 4. The summed E-state index contributed by atoms with van der Waals surface area (Å²) in [5.74, 6) is -1.59. The summed E-state index contributed by atoms with van der Waals surface area (Å²) in [6.45, 7) is 11.8. The van der Waals surface area contributed by atoms with Gasteiger partial charge in [0, 0.05) is 36.3 Å². The molecular formula is C35H45F2N3O3. The zero-order chi connectivity index (χ0) is 31.5. The Hall–Kier alpha value is -3.62. The molecule has 3 N–H and O–H groups in total. The number of ether oxygens (including phenoxy) is 1. The molecule has 0 fully saturated rings. The van der Waals surface area contributed by atoms with Crippen molar-refractivity contribution in [2.24, 2.45) is 5.73 Å². The Morgan fingerprint density at radius 2 is 1.56 bits per heavy atom. The Labute approximate surface area is 254 Å². The zero-order valence-corrected chi connectivity index (χ0v) is 26.0. The Morgan fingerprint density at radius 1 is 0.907 bits per heavy atom. The molecule has 8 heteroatoms. The van der Waals surface area contributed by atoms with Crippen LogP contribution in [-0.2, 0) is 17.8 Å². The number of hydrogen-bond donors (Lipinski definition) is 2. The van der Waals surface area contributed by atoms with E-state index in [1.165, 1.54) is 17.7 Å². The summed E-state index contributed by atoms with van der Waals surface area (Å²) in [7, 11) is 0. The summed E-state index contributed by atoms with van der Waals surface area (Å²) in [5.41, 5.74) is 10.6. The number of nitrogens with one attached hydrogen (secondary N) is 1. The first kappa shape index (κ1) is 33.9. The largest absolute Gasteiger partial charge is 0.375 e. The van der Waals surface area contributed by atoms with E-state index in [-0.39, 0.29) is 18.9 Å². The molecule has 0 radical (unpaired) electrons. The van der Waals surface area contributed by atoms with Crippen LogP contribution in [0.3, 0.4) is 0 Å². The van der Waals surface area contributed by atoms with Gasteiger partial charge in [-0.05, 0) is 84.7 Å². The predicted octanol–water partition coefficient (Wildman–Crippen LogP) is 6.54. The molecule has 2 atom stereocenters. The minimum Gasteiger partial charge on any atom is -0.375 e. The van der Waals surface area contributed by atoms with Gasteiger partial charge in [-0.2, -0.15) is 0 Å². The number of carbonyl (C=O) groups excluding carboxylic acids is 2. The van der Waals surface area contributed by atoms with Crippen molar-refractivity contribution in [1.82, 2.24) is 10.2 Å². The molecule has 43 heavy (non-hydrogen) atoms. The predicted molar refractivity (Wildman–Crippen MR) is 167 cm³/mol. The average Bonchev–Trinajstić information content (AvgIpc) is 2.95.